The highest BCUT2D eigenvalue weighted by molar-refractivity contribution is 5.93. The molecule has 6 unspecified atom stereocenters. The monoisotopic (exact) mass is 177 g/mol. The quantitative estimate of drug-likeness (QED) is 0.670. The number of hydrogen-bond donors (Lipinski definition) is 1. The third-order valence-corrected chi connectivity index (χ3v) is 5.72. The van der Waals surface area contributed by atoms with Gasteiger partial charge in [0.25, 0.3) is 0 Å². The molecule has 0 spiro atoms. The van der Waals surface area contributed by atoms with Crippen molar-refractivity contribution in [2.24, 2.45) is 34.5 Å². The first-order valence-corrected chi connectivity index (χ1v) is 5.49. The molecule has 5 aliphatic rings. The summed E-state index contributed by atoms with van der Waals surface area (Å²) < 4.78 is 0. The highest BCUT2D eigenvalue weighted by Gasteiger charge is 3.04. The Morgan fingerprint density at radius 3 is 2.62 bits per heavy atom. The Morgan fingerprint density at radius 1 is 1.46 bits per heavy atom. The molecule has 70 valence electrons. The minimum Gasteiger partial charge on any atom is -0.356 e. The van der Waals surface area contributed by atoms with E-state index in [0.29, 0.717) is 11.3 Å². The number of rotatable bonds is 2. The number of hydrogen-bond acceptors (Lipinski definition) is 1. The van der Waals surface area contributed by atoms with Crippen LogP contribution < -0.4 is 5.32 Å². The van der Waals surface area contributed by atoms with Gasteiger partial charge in [0, 0.05) is 6.54 Å². The van der Waals surface area contributed by atoms with Crippen LogP contribution in [-0.2, 0) is 4.79 Å². The van der Waals surface area contributed by atoms with Crippen LogP contribution in [0.15, 0.2) is 0 Å². The summed E-state index contributed by atoms with van der Waals surface area (Å²) in [6.07, 6.45) is 1.36. The fraction of sp³-hybridized carbons (Fsp3) is 0.909. The lowest BCUT2D eigenvalue weighted by molar-refractivity contribution is -0.132. The average Bonchev–Trinajstić information content (AvgIpc) is 2.68. The van der Waals surface area contributed by atoms with E-state index in [9.17, 15) is 4.79 Å². The maximum atomic E-state index is 12.0. The van der Waals surface area contributed by atoms with Gasteiger partial charge in [0.1, 0.15) is 0 Å². The molecule has 5 fully saturated rings. The molecule has 5 aliphatic carbocycles. The van der Waals surface area contributed by atoms with E-state index in [0.717, 1.165) is 30.2 Å². The molecular formula is C11H15NO. The van der Waals surface area contributed by atoms with Crippen LogP contribution in [0.5, 0.6) is 0 Å². The van der Waals surface area contributed by atoms with Crippen molar-refractivity contribution in [2.75, 3.05) is 6.54 Å². The predicted molar refractivity (Wildman–Crippen MR) is 47.8 cm³/mol. The lowest BCUT2D eigenvalue weighted by atomic mass is 9.73. The topological polar surface area (TPSA) is 29.1 Å². The number of carbonyl (C=O) groups excluding carboxylic acids is 1. The van der Waals surface area contributed by atoms with E-state index in [-0.39, 0.29) is 5.41 Å². The second kappa shape index (κ2) is 1.45. The van der Waals surface area contributed by atoms with Crippen LogP contribution in [0.2, 0.25) is 0 Å². The molecule has 2 nitrogen and oxygen atoms in total. The summed E-state index contributed by atoms with van der Waals surface area (Å²) in [5, 5.41) is 3.03. The van der Waals surface area contributed by atoms with Gasteiger partial charge in [0.15, 0.2) is 0 Å². The molecule has 0 aliphatic heterocycles. The van der Waals surface area contributed by atoms with E-state index in [2.05, 4.69) is 12.2 Å². The zero-order valence-electron chi connectivity index (χ0n) is 8.13. The molecular weight excluding hydrogens is 162 g/mol. The van der Waals surface area contributed by atoms with Gasteiger partial charge in [-0.15, -0.1) is 0 Å². The van der Waals surface area contributed by atoms with E-state index in [1.54, 1.807) is 0 Å². The van der Waals surface area contributed by atoms with Gasteiger partial charge in [0.2, 0.25) is 5.91 Å². The van der Waals surface area contributed by atoms with Crippen molar-refractivity contribution in [2.45, 2.75) is 20.3 Å². The number of amides is 1. The second-order valence-corrected chi connectivity index (χ2v) is 5.51. The Hall–Kier alpha value is -0.530. The predicted octanol–water partition coefficient (Wildman–Crippen LogP) is 1.02. The molecule has 5 rings (SSSR count). The zero-order valence-corrected chi connectivity index (χ0v) is 8.13. The van der Waals surface area contributed by atoms with Gasteiger partial charge in [-0.25, -0.2) is 0 Å². The Labute approximate surface area is 78.1 Å². The minimum atomic E-state index is 0.151. The molecule has 0 aromatic carbocycles. The largest absolute Gasteiger partial charge is 0.356 e. The van der Waals surface area contributed by atoms with Crippen molar-refractivity contribution in [3.8, 4) is 0 Å². The molecule has 5 saturated carbocycles. The molecule has 0 aromatic heterocycles. The molecule has 0 saturated heterocycles. The van der Waals surface area contributed by atoms with Crippen LogP contribution in [0.1, 0.15) is 20.3 Å². The summed E-state index contributed by atoms with van der Waals surface area (Å²) >= 11 is 0. The van der Waals surface area contributed by atoms with E-state index < -0.39 is 0 Å². The summed E-state index contributed by atoms with van der Waals surface area (Å²) in [5.74, 6) is 3.88. The summed E-state index contributed by atoms with van der Waals surface area (Å²) in [6.45, 7) is 5.16. The van der Waals surface area contributed by atoms with Gasteiger partial charge >= 0.3 is 0 Å². The van der Waals surface area contributed by atoms with Crippen molar-refractivity contribution in [1.29, 1.82) is 0 Å². The van der Waals surface area contributed by atoms with Crippen LogP contribution in [-0.4, -0.2) is 12.5 Å². The van der Waals surface area contributed by atoms with Gasteiger partial charge in [0.05, 0.1) is 5.41 Å². The van der Waals surface area contributed by atoms with Crippen molar-refractivity contribution < 1.29 is 4.79 Å². The molecule has 1 amide bonds. The van der Waals surface area contributed by atoms with Gasteiger partial charge in [-0.05, 0) is 42.4 Å². The highest BCUT2D eigenvalue weighted by atomic mass is 16.2. The molecule has 2 heteroatoms. The third kappa shape index (κ3) is 0.360. The van der Waals surface area contributed by atoms with E-state index >= 15 is 0 Å². The fourth-order valence-electron chi connectivity index (χ4n) is 5.40. The third-order valence-electron chi connectivity index (χ3n) is 5.72. The van der Waals surface area contributed by atoms with E-state index in [1.165, 1.54) is 6.42 Å². The minimum absolute atomic E-state index is 0.151. The number of nitrogens with one attached hydrogen (secondary N) is 1. The summed E-state index contributed by atoms with van der Waals surface area (Å²) in [6, 6.07) is 0. The normalized spacial score (nSPS) is 68.2. The molecule has 0 heterocycles. The molecule has 1 N–H and O–H groups in total. The Kier molecular flexibility index (Phi) is 0.763. The van der Waals surface area contributed by atoms with Crippen LogP contribution in [0, 0.1) is 34.5 Å². The van der Waals surface area contributed by atoms with Gasteiger partial charge in [-0.3, -0.25) is 4.79 Å². The standard InChI is InChI=1S/C11H15NO/c1-3-12-9(13)11-6-4-5-7(8(6)11)10(5,11)2/h5-8H,3-4H2,1-2H3,(H,12,13). The SMILES string of the molecule is CCNC(=O)C12C3CC4C(C31)C42C. The van der Waals surface area contributed by atoms with Gasteiger partial charge < -0.3 is 5.32 Å². The summed E-state index contributed by atoms with van der Waals surface area (Å²) in [7, 11) is 0. The van der Waals surface area contributed by atoms with E-state index in [4.69, 9.17) is 0 Å². The first-order valence-electron chi connectivity index (χ1n) is 5.49. The first kappa shape index (κ1) is 6.86. The smallest absolute Gasteiger partial charge is 0.227 e. The maximum absolute atomic E-state index is 12.0. The fourth-order valence-corrected chi connectivity index (χ4v) is 5.40. The van der Waals surface area contributed by atoms with Crippen LogP contribution >= 0.6 is 0 Å². The summed E-state index contributed by atoms with van der Waals surface area (Å²) in [4.78, 5) is 12.0. The highest BCUT2D eigenvalue weighted by Crippen LogP contribution is 3.04. The average molecular weight is 177 g/mol. The van der Waals surface area contributed by atoms with Crippen LogP contribution in [0.3, 0.4) is 0 Å². The molecule has 13 heavy (non-hydrogen) atoms. The van der Waals surface area contributed by atoms with E-state index in [1.807, 2.05) is 6.92 Å². The number of carbonyl (C=O) groups is 1. The first-order chi connectivity index (χ1) is 6.20. The summed E-state index contributed by atoms with van der Waals surface area (Å²) in [5.41, 5.74) is 0.611. The molecule has 6 atom stereocenters. The Morgan fingerprint density at radius 2 is 2.23 bits per heavy atom. The zero-order chi connectivity index (χ0) is 9.01. The van der Waals surface area contributed by atoms with Crippen molar-refractivity contribution in [3.63, 3.8) is 0 Å². The van der Waals surface area contributed by atoms with Gasteiger partial charge in [-0.2, -0.15) is 0 Å². The van der Waals surface area contributed by atoms with Crippen molar-refractivity contribution in [3.05, 3.63) is 0 Å². The van der Waals surface area contributed by atoms with Crippen LogP contribution in [0.25, 0.3) is 0 Å². The Balaban J connectivity index is 1.73. The lowest BCUT2D eigenvalue weighted by Gasteiger charge is -2.32. The van der Waals surface area contributed by atoms with Gasteiger partial charge in [-0.1, -0.05) is 6.92 Å². The van der Waals surface area contributed by atoms with Crippen molar-refractivity contribution in [1.82, 2.24) is 5.32 Å². The second-order valence-electron chi connectivity index (χ2n) is 5.51. The van der Waals surface area contributed by atoms with Crippen LogP contribution in [0.4, 0.5) is 0 Å². The van der Waals surface area contributed by atoms with Crippen molar-refractivity contribution >= 4 is 5.91 Å². The molecule has 0 radical (unpaired) electrons. The molecule has 0 aromatic rings. The lowest BCUT2D eigenvalue weighted by Crippen LogP contribution is -2.43. The Bertz CT molecular complexity index is 327. The maximum Gasteiger partial charge on any atom is 0.227 e. The molecule has 2 bridgehead atoms.